The van der Waals surface area contributed by atoms with Crippen LogP contribution in [-0.4, -0.2) is 66.7 Å². The van der Waals surface area contributed by atoms with Gasteiger partial charge in [-0.05, 0) is 37.1 Å². The molecule has 26 heavy (non-hydrogen) atoms. The summed E-state index contributed by atoms with van der Waals surface area (Å²) in [4.78, 5) is 28.0. The van der Waals surface area contributed by atoms with Crippen molar-refractivity contribution in [3.8, 4) is 0 Å². The topological polar surface area (TPSA) is 73.9 Å². The van der Waals surface area contributed by atoms with Gasteiger partial charge in [-0.1, -0.05) is 22.6 Å². The van der Waals surface area contributed by atoms with Gasteiger partial charge in [0.25, 0.3) is 0 Å². The number of nitrogens with one attached hydrogen (secondary N) is 2. The number of nitrogens with zero attached hydrogens (tertiary/aromatic N) is 2. The van der Waals surface area contributed by atoms with E-state index in [-0.39, 0.29) is 18.0 Å². The minimum absolute atomic E-state index is 0.112. The van der Waals surface area contributed by atoms with Crippen molar-refractivity contribution in [1.29, 1.82) is 0 Å². The van der Waals surface area contributed by atoms with Crippen LogP contribution in [0.2, 0.25) is 0 Å². The molecule has 0 radical (unpaired) electrons. The molecule has 0 aromatic heterocycles. The van der Waals surface area contributed by atoms with E-state index in [0.29, 0.717) is 17.5 Å². The van der Waals surface area contributed by atoms with Gasteiger partial charge in [-0.2, -0.15) is 0 Å². The maximum absolute atomic E-state index is 12.2. The fourth-order valence-electron chi connectivity index (χ4n) is 3.29. The Bertz CT molecular complexity index is 611. The third kappa shape index (κ3) is 5.23. The Labute approximate surface area is 167 Å². The van der Waals surface area contributed by atoms with Gasteiger partial charge in [0.05, 0.1) is 17.6 Å². The molecule has 2 heterocycles. The molecule has 0 unspecified atom stereocenters. The molecule has 1 aromatic carbocycles. The number of piperidine rings is 1. The normalized spacial score (nSPS) is 18.5. The molecule has 2 fully saturated rings. The van der Waals surface area contributed by atoms with E-state index in [1.165, 1.54) is 0 Å². The van der Waals surface area contributed by atoms with Gasteiger partial charge in [-0.15, -0.1) is 0 Å². The standard InChI is InChI=1S/C18H25IN4O3/c19-13-17(24)23-7-5-15(6-8-23)21-18(25)20-14-1-3-16(4-2-14)22-9-11-26-12-10-22/h1-4,15H,5-13H2,(H2,20,21,25). The Kier molecular flexibility index (Phi) is 6.95. The van der Waals surface area contributed by atoms with E-state index in [4.69, 9.17) is 4.74 Å². The van der Waals surface area contributed by atoms with Crippen molar-refractivity contribution in [2.75, 3.05) is 54.0 Å². The lowest BCUT2D eigenvalue weighted by Crippen LogP contribution is -2.47. The number of carbonyl (C=O) groups excluding carboxylic acids is 2. The molecule has 2 N–H and O–H groups in total. The second-order valence-corrected chi connectivity index (χ2v) is 7.30. The van der Waals surface area contributed by atoms with Gasteiger partial charge in [-0.3, -0.25) is 4.79 Å². The first-order chi connectivity index (χ1) is 12.7. The van der Waals surface area contributed by atoms with Gasteiger partial charge in [0.15, 0.2) is 0 Å². The Balaban J connectivity index is 1.44. The number of anilines is 2. The third-order valence-electron chi connectivity index (χ3n) is 4.80. The summed E-state index contributed by atoms with van der Waals surface area (Å²) in [6.07, 6.45) is 1.59. The molecule has 0 spiro atoms. The van der Waals surface area contributed by atoms with Crippen molar-refractivity contribution >= 4 is 45.9 Å². The van der Waals surface area contributed by atoms with Crippen molar-refractivity contribution in [2.45, 2.75) is 18.9 Å². The lowest BCUT2D eigenvalue weighted by molar-refractivity contribution is -0.129. The SMILES string of the molecule is O=C(Nc1ccc(N2CCOCC2)cc1)NC1CCN(C(=O)CI)CC1. The van der Waals surface area contributed by atoms with Gasteiger partial charge < -0.3 is 25.2 Å². The van der Waals surface area contributed by atoms with E-state index in [2.05, 4.69) is 38.1 Å². The number of urea groups is 1. The highest BCUT2D eigenvalue weighted by Crippen LogP contribution is 2.19. The number of amides is 3. The zero-order valence-corrected chi connectivity index (χ0v) is 16.9. The van der Waals surface area contributed by atoms with Crippen LogP contribution in [0.15, 0.2) is 24.3 Å². The molecule has 3 amide bonds. The molecule has 142 valence electrons. The zero-order valence-electron chi connectivity index (χ0n) is 14.7. The molecule has 8 heteroatoms. The lowest BCUT2D eigenvalue weighted by atomic mass is 10.1. The average molecular weight is 472 g/mol. The van der Waals surface area contributed by atoms with Crippen LogP contribution in [0.5, 0.6) is 0 Å². The summed E-state index contributed by atoms with van der Waals surface area (Å²) in [6.45, 7) is 4.72. The Morgan fingerprint density at radius 3 is 2.35 bits per heavy atom. The van der Waals surface area contributed by atoms with Crippen LogP contribution in [0.25, 0.3) is 0 Å². The molecule has 2 aliphatic heterocycles. The van der Waals surface area contributed by atoms with Gasteiger partial charge >= 0.3 is 6.03 Å². The number of hydrogen-bond donors (Lipinski definition) is 2. The van der Waals surface area contributed by atoms with Crippen LogP contribution < -0.4 is 15.5 Å². The number of alkyl halides is 1. The second-order valence-electron chi connectivity index (χ2n) is 6.53. The zero-order chi connectivity index (χ0) is 18.4. The highest BCUT2D eigenvalue weighted by Gasteiger charge is 2.23. The summed E-state index contributed by atoms with van der Waals surface area (Å²) in [6, 6.07) is 7.81. The first-order valence-electron chi connectivity index (χ1n) is 9.00. The van der Waals surface area contributed by atoms with E-state index in [1.807, 2.05) is 29.2 Å². The Morgan fingerprint density at radius 1 is 1.08 bits per heavy atom. The molecule has 1 aromatic rings. The Morgan fingerprint density at radius 2 is 1.73 bits per heavy atom. The monoisotopic (exact) mass is 472 g/mol. The molecule has 3 rings (SSSR count). The van der Waals surface area contributed by atoms with E-state index in [9.17, 15) is 9.59 Å². The van der Waals surface area contributed by atoms with Crippen molar-refractivity contribution in [3.05, 3.63) is 24.3 Å². The van der Waals surface area contributed by atoms with Crippen LogP contribution in [0.4, 0.5) is 16.2 Å². The first-order valence-corrected chi connectivity index (χ1v) is 10.5. The van der Waals surface area contributed by atoms with Crippen molar-refractivity contribution < 1.29 is 14.3 Å². The quantitative estimate of drug-likeness (QED) is 0.520. The molecular weight excluding hydrogens is 447 g/mol. The number of rotatable bonds is 4. The van der Waals surface area contributed by atoms with Crippen LogP contribution in [-0.2, 0) is 9.53 Å². The number of halogens is 1. The van der Waals surface area contributed by atoms with Crippen molar-refractivity contribution in [1.82, 2.24) is 10.2 Å². The molecule has 2 saturated heterocycles. The highest BCUT2D eigenvalue weighted by molar-refractivity contribution is 14.1. The lowest BCUT2D eigenvalue weighted by Gasteiger charge is -2.32. The molecule has 0 saturated carbocycles. The summed E-state index contributed by atoms with van der Waals surface area (Å²) in [5.74, 6) is 0.175. The molecule has 7 nitrogen and oxygen atoms in total. The Hall–Kier alpha value is -1.55. The van der Waals surface area contributed by atoms with E-state index in [0.717, 1.165) is 50.5 Å². The number of morpholine rings is 1. The summed E-state index contributed by atoms with van der Waals surface area (Å²) in [7, 11) is 0. The summed E-state index contributed by atoms with van der Waals surface area (Å²) in [5, 5.41) is 5.90. The van der Waals surface area contributed by atoms with E-state index < -0.39 is 0 Å². The van der Waals surface area contributed by atoms with Crippen LogP contribution >= 0.6 is 22.6 Å². The number of hydrogen-bond acceptors (Lipinski definition) is 4. The second kappa shape index (κ2) is 9.40. The summed E-state index contributed by atoms with van der Waals surface area (Å²) < 4.78 is 5.88. The highest BCUT2D eigenvalue weighted by atomic mass is 127. The van der Waals surface area contributed by atoms with Gasteiger partial charge in [0.2, 0.25) is 5.91 Å². The number of benzene rings is 1. The summed E-state index contributed by atoms with van der Waals surface area (Å²) in [5.41, 5.74) is 1.92. The van der Waals surface area contributed by atoms with Gasteiger partial charge in [0.1, 0.15) is 0 Å². The minimum atomic E-state index is -0.192. The van der Waals surface area contributed by atoms with Crippen molar-refractivity contribution in [2.24, 2.45) is 0 Å². The number of carbonyl (C=O) groups is 2. The minimum Gasteiger partial charge on any atom is -0.378 e. The fourth-order valence-corrected chi connectivity index (χ4v) is 3.77. The van der Waals surface area contributed by atoms with E-state index in [1.54, 1.807) is 0 Å². The summed E-state index contributed by atoms with van der Waals surface area (Å²) >= 11 is 2.09. The molecule has 0 atom stereocenters. The van der Waals surface area contributed by atoms with Gasteiger partial charge in [-0.25, -0.2) is 4.79 Å². The fraction of sp³-hybridized carbons (Fsp3) is 0.556. The van der Waals surface area contributed by atoms with E-state index >= 15 is 0 Å². The van der Waals surface area contributed by atoms with Crippen LogP contribution in [0.1, 0.15) is 12.8 Å². The largest absolute Gasteiger partial charge is 0.378 e. The van der Waals surface area contributed by atoms with Crippen LogP contribution in [0.3, 0.4) is 0 Å². The number of ether oxygens (including phenoxy) is 1. The molecule has 0 bridgehead atoms. The first kappa shape index (κ1) is 19.2. The molecule has 0 aliphatic carbocycles. The smallest absolute Gasteiger partial charge is 0.319 e. The number of likely N-dealkylation sites (tertiary alicyclic amines) is 1. The average Bonchev–Trinajstić information content (AvgIpc) is 2.69. The predicted molar refractivity (Wildman–Crippen MR) is 110 cm³/mol. The maximum atomic E-state index is 12.2. The third-order valence-corrected chi connectivity index (χ3v) is 5.45. The maximum Gasteiger partial charge on any atom is 0.319 e. The van der Waals surface area contributed by atoms with Crippen molar-refractivity contribution in [3.63, 3.8) is 0 Å². The van der Waals surface area contributed by atoms with Gasteiger partial charge in [0, 0.05) is 43.6 Å². The molecule has 2 aliphatic rings. The van der Waals surface area contributed by atoms with Crippen LogP contribution in [0, 0.1) is 0 Å². The molecular formula is C18H25IN4O3. The predicted octanol–water partition coefficient (Wildman–Crippen LogP) is 2.07.